The molecule has 0 unspecified atom stereocenters. The van der Waals surface area contributed by atoms with E-state index in [1.807, 2.05) is 0 Å². The van der Waals surface area contributed by atoms with Crippen molar-refractivity contribution in [3.63, 3.8) is 0 Å². The van der Waals surface area contributed by atoms with Gasteiger partial charge in [0.1, 0.15) is 11.8 Å². The number of hydrogen-bond donors (Lipinski definition) is 2. The molecule has 0 bridgehead atoms. The highest BCUT2D eigenvalue weighted by atomic mass is 79.9. The average molecular weight is 401 g/mol. The normalized spacial score (nSPS) is 13.2. The highest BCUT2D eigenvalue weighted by molar-refractivity contribution is 9.10. The van der Waals surface area contributed by atoms with Gasteiger partial charge in [-0.3, -0.25) is 4.79 Å². The van der Waals surface area contributed by atoms with E-state index in [9.17, 15) is 13.2 Å². The summed E-state index contributed by atoms with van der Waals surface area (Å²) in [5.41, 5.74) is 0. The maximum atomic E-state index is 12.3. The summed E-state index contributed by atoms with van der Waals surface area (Å²) < 4.78 is 32.1. The summed E-state index contributed by atoms with van der Waals surface area (Å²) in [6.07, 6.45) is 0. The Morgan fingerprint density at radius 1 is 1.43 bits per heavy atom. The number of hydrogen-bond acceptors (Lipinski definition) is 4. The molecule has 0 aliphatic carbocycles. The summed E-state index contributed by atoms with van der Waals surface area (Å²) >= 11 is 9.00. The number of carboxylic acid groups (broad SMARTS) is 1. The van der Waals surface area contributed by atoms with Crippen molar-refractivity contribution in [1.29, 1.82) is 0 Å². The van der Waals surface area contributed by atoms with Crippen LogP contribution in [0.1, 0.15) is 13.8 Å². The molecule has 0 saturated heterocycles. The number of carbonyl (C=O) groups is 1. The summed E-state index contributed by atoms with van der Waals surface area (Å²) in [4.78, 5) is 11.0. The van der Waals surface area contributed by atoms with Gasteiger partial charge in [-0.05, 0) is 27.9 Å². The average Bonchev–Trinajstić information content (AvgIpc) is 2.35. The fraction of sp³-hybridized carbons (Fsp3) is 0.417. The maximum absolute atomic E-state index is 12.3. The molecule has 0 saturated carbocycles. The van der Waals surface area contributed by atoms with Gasteiger partial charge in [0, 0.05) is 10.5 Å². The van der Waals surface area contributed by atoms with Gasteiger partial charge in [-0.2, -0.15) is 4.72 Å². The van der Waals surface area contributed by atoms with E-state index >= 15 is 0 Å². The molecular weight excluding hydrogens is 386 g/mol. The van der Waals surface area contributed by atoms with E-state index in [1.165, 1.54) is 19.2 Å². The number of aliphatic carboxylic acids is 1. The predicted molar refractivity (Wildman–Crippen MR) is 82.3 cm³/mol. The monoisotopic (exact) mass is 399 g/mol. The Kier molecular flexibility index (Phi) is 6.03. The van der Waals surface area contributed by atoms with Gasteiger partial charge >= 0.3 is 5.97 Å². The second-order valence-electron chi connectivity index (χ2n) is 4.60. The first-order valence-electron chi connectivity index (χ1n) is 5.88. The van der Waals surface area contributed by atoms with Crippen LogP contribution >= 0.6 is 27.5 Å². The lowest BCUT2D eigenvalue weighted by atomic mass is 10.1. The van der Waals surface area contributed by atoms with E-state index < -0.39 is 28.0 Å². The minimum Gasteiger partial charge on any atom is -0.495 e. The zero-order valence-corrected chi connectivity index (χ0v) is 14.7. The number of carboxylic acids is 1. The van der Waals surface area contributed by atoms with Crippen LogP contribution in [-0.2, 0) is 14.8 Å². The number of benzene rings is 1. The lowest BCUT2D eigenvalue weighted by Gasteiger charge is -2.19. The summed E-state index contributed by atoms with van der Waals surface area (Å²) in [6.45, 7) is 3.22. The van der Waals surface area contributed by atoms with Crippen LogP contribution in [0.5, 0.6) is 5.75 Å². The maximum Gasteiger partial charge on any atom is 0.322 e. The van der Waals surface area contributed by atoms with Crippen LogP contribution in [0.3, 0.4) is 0 Å². The quantitative estimate of drug-likeness (QED) is 0.765. The molecule has 2 N–H and O–H groups in total. The van der Waals surface area contributed by atoms with Gasteiger partial charge in [0.2, 0.25) is 10.0 Å². The van der Waals surface area contributed by atoms with Crippen molar-refractivity contribution >= 4 is 43.5 Å². The van der Waals surface area contributed by atoms with Crippen LogP contribution in [-0.4, -0.2) is 32.6 Å². The second kappa shape index (κ2) is 6.95. The van der Waals surface area contributed by atoms with E-state index in [0.29, 0.717) is 0 Å². The van der Waals surface area contributed by atoms with E-state index in [-0.39, 0.29) is 20.1 Å². The number of sulfonamides is 1. The Morgan fingerprint density at radius 3 is 2.43 bits per heavy atom. The van der Waals surface area contributed by atoms with Gasteiger partial charge in [-0.25, -0.2) is 8.42 Å². The number of ether oxygens (including phenoxy) is 1. The van der Waals surface area contributed by atoms with E-state index in [0.717, 1.165) is 0 Å². The molecule has 1 rings (SSSR count). The minimum absolute atomic E-state index is 0.143. The van der Waals surface area contributed by atoms with Crippen molar-refractivity contribution in [2.75, 3.05) is 7.11 Å². The Morgan fingerprint density at radius 2 is 2.00 bits per heavy atom. The first-order chi connectivity index (χ1) is 9.60. The Balaban J connectivity index is 3.28. The van der Waals surface area contributed by atoms with Crippen molar-refractivity contribution in [2.24, 2.45) is 5.92 Å². The van der Waals surface area contributed by atoms with Crippen LogP contribution in [0.4, 0.5) is 0 Å². The van der Waals surface area contributed by atoms with Gasteiger partial charge in [-0.15, -0.1) is 0 Å². The third-order valence-electron chi connectivity index (χ3n) is 2.71. The lowest BCUT2D eigenvalue weighted by molar-refractivity contribution is -0.140. The van der Waals surface area contributed by atoms with Crippen LogP contribution < -0.4 is 9.46 Å². The van der Waals surface area contributed by atoms with Gasteiger partial charge in [-0.1, -0.05) is 25.4 Å². The Hall–Kier alpha value is -0.830. The van der Waals surface area contributed by atoms with Crippen LogP contribution in [0, 0.1) is 5.92 Å². The molecule has 0 fully saturated rings. The molecule has 0 aromatic heterocycles. The van der Waals surface area contributed by atoms with Crippen molar-refractivity contribution in [1.82, 2.24) is 4.72 Å². The van der Waals surface area contributed by atoms with E-state index in [1.54, 1.807) is 13.8 Å². The van der Waals surface area contributed by atoms with Crippen molar-refractivity contribution in [3.8, 4) is 5.75 Å². The third-order valence-corrected chi connectivity index (χ3v) is 5.41. The zero-order valence-electron chi connectivity index (χ0n) is 11.6. The highest BCUT2D eigenvalue weighted by Gasteiger charge is 2.29. The number of methoxy groups -OCH3 is 1. The first-order valence-corrected chi connectivity index (χ1v) is 8.53. The van der Waals surface area contributed by atoms with Gasteiger partial charge in [0.15, 0.2) is 0 Å². The molecule has 1 aromatic rings. The third kappa shape index (κ3) is 4.32. The van der Waals surface area contributed by atoms with Crippen LogP contribution in [0.2, 0.25) is 5.02 Å². The summed E-state index contributed by atoms with van der Waals surface area (Å²) in [6, 6.07) is 1.37. The van der Waals surface area contributed by atoms with E-state index in [2.05, 4.69) is 20.7 Å². The van der Waals surface area contributed by atoms with Gasteiger partial charge in [0.05, 0.1) is 17.0 Å². The fourth-order valence-corrected chi connectivity index (χ4v) is 4.34. The molecule has 0 heterocycles. The molecular formula is C12H15BrClNO5S. The Labute approximate surface area is 136 Å². The smallest absolute Gasteiger partial charge is 0.322 e. The van der Waals surface area contributed by atoms with Gasteiger partial charge < -0.3 is 9.84 Å². The number of nitrogens with one attached hydrogen (secondary N) is 1. The molecule has 6 nitrogen and oxygen atoms in total. The highest BCUT2D eigenvalue weighted by Crippen LogP contribution is 2.33. The molecule has 0 spiro atoms. The lowest BCUT2D eigenvalue weighted by Crippen LogP contribution is -2.44. The SMILES string of the molecule is COc1cc(S(=O)(=O)N[C@@H](C(=O)O)C(C)C)c(Br)cc1Cl. The zero-order chi connectivity index (χ0) is 16.4. The number of rotatable bonds is 6. The summed E-state index contributed by atoms with van der Waals surface area (Å²) in [7, 11) is -2.69. The molecule has 1 aromatic carbocycles. The van der Waals surface area contributed by atoms with Gasteiger partial charge in [0.25, 0.3) is 0 Å². The molecule has 9 heteroatoms. The largest absolute Gasteiger partial charge is 0.495 e. The Bertz CT molecular complexity index is 647. The summed E-state index contributed by atoms with van der Waals surface area (Å²) in [5, 5.41) is 9.32. The minimum atomic E-state index is -4.05. The second-order valence-corrected chi connectivity index (χ2v) is 7.54. The molecule has 118 valence electrons. The predicted octanol–water partition coefficient (Wildman–Crippen LogP) is 2.50. The first kappa shape index (κ1) is 18.2. The summed E-state index contributed by atoms with van der Waals surface area (Å²) in [5.74, 6) is -1.48. The van der Waals surface area contributed by atoms with Crippen molar-refractivity contribution in [2.45, 2.75) is 24.8 Å². The topological polar surface area (TPSA) is 92.7 Å². The number of halogens is 2. The van der Waals surface area contributed by atoms with Crippen molar-refractivity contribution in [3.05, 3.63) is 21.6 Å². The van der Waals surface area contributed by atoms with E-state index in [4.69, 9.17) is 21.4 Å². The molecule has 0 amide bonds. The fourth-order valence-electron chi connectivity index (χ4n) is 1.58. The van der Waals surface area contributed by atoms with Crippen molar-refractivity contribution < 1.29 is 23.1 Å². The van der Waals surface area contributed by atoms with Crippen LogP contribution in [0.25, 0.3) is 0 Å². The molecule has 1 atom stereocenters. The standard InChI is InChI=1S/C12H15BrClNO5S/c1-6(2)11(12(16)17)15-21(18,19)10-5-9(20-3)8(14)4-7(10)13/h4-6,11,15H,1-3H3,(H,16,17)/t11-/m1/s1. The molecule has 0 aliphatic rings. The molecule has 0 radical (unpaired) electrons. The molecule has 0 aliphatic heterocycles. The molecule has 21 heavy (non-hydrogen) atoms. The van der Waals surface area contributed by atoms with Crippen LogP contribution in [0.15, 0.2) is 21.5 Å².